The van der Waals surface area contributed by atoms with Gasteiger partial charge in [-0.1, -0.05) is 0 Å². The largest absolute Gasteiger partial charge is 0.497 e. The predicted octanol–water partition coefficient (Wildman–Crippen LogP) is 2.89. The van der Waals surface area contributed by atoms with Gasteiger partial charge in [-0.3, -0.25) is 9.78 Å². The van der Waals surface area contributed by atoms with Crippen molar-refractivity contribution in [2.24, 2.45) is 0 Å². The fraction of sp³-hybridized carbons (Fsp3) is 0.176. The summed E-state index contributed by atoms with van der Waals surface area (Å²) in [6, 6.07) is 9.14. The predicted molar refractivity (Wildman–Crippen MR) is 83.9 cm³/mol. The van der Waals surface area contributed by atoms with E-state index in [4.69, 9.17) is 9.47 Å². The van der Waals surface area contributed by atoms with Gasteiger partial charge in [0.05, 0.1) is 25.6 Å². The van der Waals surface area contributed by atoms with E-state index in [0.717, 1.165) is 17.1 Å². The Labute approximate surface area is 128 Å². The number of amides is 1. The van der Waals surface area contributed by atoms with Crippen molar-refractivity contribution in [2.45, 2.75) is 6.42 Å². The highest BCUT2D eigenvalue weighted by atomic mass is 16.5. The molecule has 0 bridgehead atoms. The van der Waals surface area contributed by atoms with Crippen molar-refractivity contribution in [3.63, 3.8) is 0 Å². The average molecular weight is 296 g/mol. The Morgan fingerprint density at radius 3 is 3.05 bits per heavy atom. The number of pyridine rings is 1. The lowest BCUT2D eigenvalue weighted by atomic mass is 10.1. The number of ether oxygens (including phenoxy) is 2. The fourth-order valence-corrected chi connectivity index (χ4v) is 2.24. The summed E-state index contributed by atoms with van der Waals surface area (Å²) in [5.74, 6) is 1.32. The summed E-state index contributed by atoms with van der Waals surface area (Å²) in [6.07, 6.45) is 5.68. The number of nitrogens with one attached hydrogen (secondary N) is 1. The normalized spacial score (nSPS) is 13.2. The average Bonchev–Trinajstić information content (AvgIpc) is 2.77. The van der Waals surface area contributed by atoms with Gasteiger partial charge in [0.2, 0.25) is 0 Å². The van der Waals surface area contributed by atoms with Crippen LogP contribution >= 0.6 is 0 Å². The number of carbonyl (C=O) groups excluding carboxylic acids is 1. The molecule has 22 heavy (non-hydrogen) atoms. The molecule has 112 valence electrons. The molecule has 0 fully saturated rings. The lowest BCUT2D eigenvalue weighted by Gasteiger charge is -2.07. The Balaban J connectivity index is 1.84. The third-order valence-corrected chi connectivity index (χ3v) is 3.39. The van der Waals surface area contributed by atoms with Crippen LogP contribution in [-0.2, 0) is 4.79 Å². The Morgan fingerprint density at radius 1 is 1.36 bits per heavy atom. The van der Waals surface area contributed by atoms with E-state index in [1.165, 1.54) is 0 Å². The highest BCUT2D eigenvalue weighted by Crippen LogP contribution is 2.30. The van der Waals surface area contributed by atoms with Crippen LogP contribution in [0, 0.1) is 0 Å². The quantitative estimate of drug-likeness (QED) is 0.946. The van der Waals surface area contributed by atoms with Crippen molar-refractivity contribution in [3.05, 3.63) is 53.9 Å². The van der Waals surface area contributed by atoms with Crippen LogP contribution in [0.2, 0.25) is 0 Å². The zero-order valence-corrected chi connectivity index (χ0v) is 12.2. The molecule has 0 unspecified atom stereocenters. The number of carbonyl (C=O) groups is 1. The molecule has 1 amide bonds. The van der Waals surface area contributed by atoms with Gasteiger partial charge in [-0.15, -0.1) is 0 Å². The molecular formula is C17H16N2O3. The van der Waals surface area contributed by atoms with Gasteiger partial charge < -0.3 is 14.8 Å². The molecular weight excluding hydrogens is 280 g/mol. The maximum atomic E-state index is 12.4. The van der Waals surface area contributed by atoms with Crippen molar-refractivity contribution >= 4 is 17.7 Å². The van der Waals surface area contributed by atoms with Crippen LogP contribution in [0.4, 0.5) is 5.69 Å². The Hall–Kier alpha value is -2.82. The van der Waals surface area contributed by atoms with E-state index in [-0.39, 0.29) is 5.91 Å². The molecule has 0 saturated heterocycles. The minimum Gasteiger partial charge on any atom is -0.497 e. The first kappa shape index (κ1) is 14.1. The SMILES string of the molecule is COc1ccc2c(c1)OCCC(C(=O)Nc1cccnc1)=C2. The second-order valence-corrected chi connectivity index (χ2v) is 4.87. The lowest BCUT2D eigenvalue weighted by molar-refractivity contribution is -0.113. The number of fused-ring (bicyclic) bond motifs is 1. The van der Waals surface area contributed by atoms with Crippen LogP contribution in [0.5, 0.6) is 11.5 Å². The molecule has 1 aromatic carbocycles. The maximum absolute atomic E-state index is 12.4. The van der Waals surface area contributed by atoms with Crippen LogP contribution in [-0.4, -0.2) is 24.6 Å². The minimum absolute atomic E-state index is 0.139. The number of aromatic nitrogens is 1. The van der Waals surface area contributed by atoms with Crippen molar-refractivity contribution < 1.29 is 14.3 Å². The van der Waals surface area contributed by atoms with Crippen LogP contribution in [0.25, 0.3) is 6.08 Å². The molecule has 0 atom stereocenters. The first-order chi connectivity index (χ1) is 10.8. The van der Waals surface area contributed by atoms with Gasteiger partial charge >= 0.3 is 0 Å². The Morgan fingerprint density at radius 2 is 2.27 bits per heavy atom. The minimum atomic E-state index is -0.139. The lowest BCUT2D eigenvalue weighted by Crippen LogP contribution is -2.15. The number of nitrogens with zero attached hydrogens (tertiary/aromatic N) is 1. The number of benzene rings is 1. The summed E-state index contributed by atoms with van der Waals surface area (Å²) >= 11 is 0. The van der Waals surface area contributed by atoms with Crippen LogP contribution in [0.1, 0.15) is 12.0 Å². The monoisotopic (exact) mass is 296 g/mol. The van der Waals surface area contributed by atoms with Crippen LogP contribution in [0.3, 0.4) is 0 Å². The molecule has 1 aromatic heterocycles. The van der Waals surface area contributed by atoms with E-state index < -0.39 is 0 Å². The highest BCUT2D eigenvalue weighted by molar-refractivity contribution is 6.06. The van der Waals surface area contributed by atoms with E-state index in [2.05, 4.69) is 10.3 Å². The zero-order chi connectivity index (χ0) is 15.4. The topological polar surface area (TPSA) is 60.5 Å². The molecule has 0 saturated carbocycles. The van der Waals surface area contributed by atoms with Crippen molar-refractivity contribution in [3.8, 4) is 11.5 Å². The number of hydrogen-bond donors (Lipinski definition) is 1. The first-order valence-electron chi connectivity index (χ1n) is 6.99. The summed E-state index contributed by atoms with van der Waals surface area (Å²) < 4.78 is 10.9. The summed E-state index contributed by atoms with van der Waals surface area (Å²) in [4.78, 5) is 16.3. The van der Waals surface area contributed by atoms with Gasteiger partial charge in [0.15, 0.2) is 0 Å². The summed E-state index contributed by atoms with van der Waals surface area (Å²) in [5.41, 5.74) is 2.22. The number of rotatable bonds is 3. The maximum Gasteiger partial charge on any atom is 0.251 e. The molecule has 2 heterocycles. The van der Waals surface area contributed by atoms with Gasteiger partial charge in [-0.05, 0) is 30.3 Å². The Kier molecular flexibility index (Phi) is 4.05. The second-order valence-electron chi connectivity index (χ2n) is 4.87. The second kappa shape index (κ2) is 6.30. The Bertz CT molecular complexity index is 711. The van der Waals surface area contributed by atoms with Gasteiger partial charge in [0.1, 0.15) is 11.5 Å². The third kappa shape index (κ3) is 3.09. The standard InChI is InChI=1S/C17H16N2O3/c1-21-15-5-4-12-9-13(6-8-22-16(12)10-15)17(20)19-14-3-2-7-18-11-14/h2-5,7,9-11H,6,8H2,1H3,(H,19,20). The number of anilines is 1. The van der Waals surface area contributed by atoms with E-state index in [0.29, 0.717) is 24.3 Å². The number of hydrogen-bond acceptors (Lipinski definition) is 4. The van der Waals surface area contributed by atoms with Gasteiger partial charge in [0, 0.05) is 29.8 Å². The molecule has 5 heteroatoms. The van der Waals surface area contributed by atoms with E-state index in [1.807, 2.05) is 24.3 Å². The van der Waals surface area contributed by atoms with E-state index >= 15 is 0 Å². The van der Waals surface area contributed by atoms with Crippen LogP contribution in [0.15, 0.2) is 48.3 Å². The first-order valence-corrected chi connectivity index (χ1v) is 6.99. The smallest absolute Gasteiger partial charge is 0.251 e. The van der Waals surface area contributed by atoms with E-state index in [1.54, 1.807) is 31.6 Å². The van der Waals surface area contributed by atoms with Crippen molar-refractivity contribution in [2.75, 3.05) is 19.0 Å². The molecule has 0 aliphatic carbocycles. The molecule has 0 spiro atoms. The molecule has 1 aliphatic rings. The number of methoxy groups -OCH3 is 1. The van der Waals surface area contributed by atoms with E-state index in [9.17, 15) is 4.79 Å². The summed E-state index contributed by atoms with van der Waals surface area (Å²) in [5, 5.41) is 2.84. The molecule has 0 radical (unpaired) electrons. The zero-order valence-electron chi connectivity index (χ0n) is 12.2. The third-order valence-electron chi connectivity index (χ3n) is 3.39. The van der Waals surface area contributed by atoms with Gasteiger partial charge in [0.25, 0.3) is 5.91 Å². The molecule has 3 rings (SSSR count). The van der Waals surface area contributed by atoms with Crippen molar-refractivity contribution in [1.29, 1.82) is 0 Å². The highest BCUT2D eigenvalue weighted by Gasteiger charge is 2.16. The molecule has 1 aliphatic heterocycles. The van der Waals surface area contributed by atoms with Gasteiger partial charge in [-0.25, -0.2) is 0 Å². The summed E-state index contributed by atoms with van der Waals surface area (Å²) in [6.45, 7) is 0.451. The fourth-order valence-electron chi connectivity index (χ4n) is 2.24. The summed E-state index contributed by atoms with van der Waals surface area (Å²) in [7, 11) is 1.61. The van der Waals surface area contributed by atoms with Crippen molar-refractivity contribution in [1.82, 2.24) is 4.98 Å². The van der Waals surface area contributed by atoms with Gasteiger partial charge in [-0.2, -0.15) is 0 Å². The van der Waals surface area contributed by atoms with Crippen LogP contribution < -0.4 is 14.8 Å². The molecule has 1 N–H and O–H groups in total. The molecule has 5 nitrogen and oxygen atoms in total. The molecule has 2 aromatic rings.